The van der Waals surface area contributed by atoms with Crippen LogP contribution in [0.4, 0.5) is 0 Å². The number of amides is 2. The predicted molar refractivity (Wildman–Crippen MR) is 71.2 cm³/mol. The molecule has 2 N–H and O–H groups in total. The quantitative estimate of drug-likeness (QED) is 0.822. The first kappa shape index (κ1) is 14.2. The summed E-state index contributed by atoms with van der Waals surface area (Å²) in [7, 11) is 0. The standard InChI is InChI=1S/C14H20N2O2/c1-4-15-14(18)11(3)16-13(17)9-12-8-6-5-7-10(12)2/h5-8,11H,4,9H2,1-3H3,(H,15,18)(H,16,17). The number of carbonyl (C=O) groups excluding carboxylic acids is 2. The van der Waals surface area contributed by atoms with Gasteiger partial charge in [-0.05, 0) is 31.9 Å². The largest absolute Gasteiger partial charge is 0.355 e. The van der Waals surface area contributed by atoms with E-state index in [0.717, 1.165) is 11.1 Å². The Morgan fingerprint density at radius 1 is 1.28 bits per heavy atom. The van der Waals surface area contributed by atoms with E-state index in [2.05, 4.69) is 10.6 Å². The van der Waals surface area contributed by atoms with E-state index in [1.54, 1.807) is 6.92 Å². The van der Waals surface area contributed by atoms with Crippen LogP contribution in [-0.2, 0) is 16.0 Å². The molecule has 4 heteroatoms. The molecule has 0 aliphatic rings. The molecule has 0 heterocycles. The second kappa shape index (κ2) is 6.79. The molecule has 0 saturated heterocycles. The number of nitrogens with one attached hydrogen (secondary N) is 2. The Labute approximate surface area is 108 Å². The van der Waals surface area contributed by atoms with E-state index < -0.39 is 6.04 Å². The summed E-state index contributed by atoms with van der Waals surface area (Å²) in [6.45, 7) is 6.06. The Balaban J connectivity index is 2.52. The van der Waals surface area contributed by atoms with E-state index in [4.69, 9.17) is 0 Å². The molecule has 0 radical (unpaired) electrons. The lowest BCUT2D eigenvalue weighted by Gasteiger charge is -2.13. The van der Waals surface area contributed by atoms with Crippen molar-refractivity contribution >= 4 is 11.8 Å². The van der Waals surface area contributed by atoms with Gasteiger partial charge in [-0.1, -0.05) is 24.3 Å². The Hall–Kier alpha value is -1.84. The first-order chi connectivity index (χ1) is 8.54. The number of hydrogen-bond donors (Lipinski definition) is 2. The van der Waals surface area contributed by atoms with Crippen LogP contribution in [0.1, 0.15) is 25.0 Å². The van der Waals surface area contributed by atoms with Crippen molar-refractivity contribution in [3.63, 3.8) is 0 Å². The molecule has 18 heavy (non-hydrogen) atoms. The van der Waals surface area contributed by atoms with Crippen LogP contribution in [0.2, 0.25) is 0 Å². The number of hydrogen-bond acceptors (Lipinski definition) is 2. The van der Waals surface area contributed by atoms with Gasteiger partial charge in [0.25, 0.3) is 0 Å². The van der Waals surface area contributed by atoms with Crippen LogP contribution in [0, 0.1) is 6.92 Å². The number of benzene rings is 1. The van der Waals surface area contributed by atoms with Gasteiger partial charge < -0.3 is 10.6 Å². The first-order valence-corrected chi connectivity index (χ1v) is 6.16. The zero-order valence-corrected chi connectivity index (χ0v) is 11.1. The molecule has 1 aromatic rings. The Kier molecular flexibility index (Phi) is 5.36. The zero-order chi connectivity index (χ0) is 13.5. The summed E-state index contributed by atoms with van der Waals surface area (Å²) in [6, 6.07) is 7.24. The van der Waals surface area contributed by atoms with Gasteiger partial charge in [-0.15, -0.1) is 0 Å². The third-order valence-corrected chi connectivity index (χ3v) is 2.73. The molecule has 0 saturated carbocycles. The Bertz CT molecular complexity index is 430. The normalized spacial score (nSPS) is 11.7. The van der Waals surface area contributed by atoms with E-state index >= 15 is 0 Å². The van der Waals surface area contributed by atoms with Gasteiger partial charge in [-0.25, -0.2) is 0 Å². The highest BCUT2D eigenvalue weighted by atomic mass is 16.2. The second-order valence-corrected chi connectivity index (χ2v) is 4.29. The highest BCUT2D eigenvalue weighted by molar-refractivity contribution is 5.88. The predicted octanol–water partition coefficient (Wildman–Crippen LogP) is 1.18. The fourth-order valence-electron chi connectivity index (χ4n) is 1.67. The van der Waals surface area contributed by atoms with Crippen molar-refractivity contribution in [1.29, 1.82) is 0 Å². The fraction of sp³-hybridized carbons (Fsp3) is 0.429. The van der Waals surface area contributed by atoms with Crippen LogP contribution in [-0.4, -0.2) is 24.4 Å². The lowest BCUT2D eigenvalue weighted by molar-refractivity contribution is -0.128. The van der Waals surface area contributed by atoms with Crippen molar-refractivity contribution < 1.29 is 9.59 Å². The summed E-state index contributed by atoms with van der Waals surface area (Å²) >= 11 is 0. The number of likely N-dealkylation sites (N-methyl/N-ethyl adjacent to an activating group) is 1. The highest BCUT2D eigenvalue weighted by Crippen LogP contribution is 2.07. The monoisotopic (exact) mass is 248 g/mol. The minimum absolute atomic E-state index is 0.136. The maximum absolute atomic E-state index is 11.8. The molecule has 0 aromatic heterocycles. The third kappa shape index (κ3) is 4.20. The SMILES string of the molecule is CCNC(=O)C(C)NC(=O)Cc1ccccc1C. The summed E-state index contributed by atoms with van der Waals surface area (Å²) in [5.41, 5.74) is 2.07. The van der Waals surface area contributed by atoms with Gasteiger partial charge in [0, 0.05) is 6.54 Å². The molecule has 0 fully saturated rings. The molecule has 1 aromatic carbocycles. The molecule has 1 rings (SSSR count). The van der Waals surface area contributed by atoms with E-state index in [-0.39, 0.29) is 11.8 Å². The van der Waals surface area contributed by atoms with Gasteiger partial charge in [0.15, 0.2) is 0 Å². The smallest absolute Gasteiger partial charge is 0.242 e. The van der Waals surface area contributed by atoms with Gasteiger partial charge in [0.2, 0.25) is 11.8 Å². The first-order valence-electron chi connectivity index (χ1n) is 6.16. The maximum atomic E-state index is 11.8. The molecule has 0 aliphatic carbocycles. The minimum Gasteiger partial charge on any atom is -0.355 e. The molecule has 98 valence electrons. The van der Waals surface area contributed by atoms with Crippen molar-refractivity contribution in [2.75, 3.05) is 6.54 Å². The van der Waals surface area contributed by atoms with Crippen LogP contribution < -0.4 is 10.6 Å². The van der Waals surface area contributed by atoms with Crippen molar-refractivity contribution in [3.05, 3.63) is 35.4 Å². The van der Waals surface area contributed by atoms with Crippen molar-refractivity contribution in [1.82, 2.24) is 10.6 Å². The zero-order valence-electron chi connectivity index (χ0n) is 11.1. The van der Waals surface area contributed by atoms with Crippen LogP contribution in [0.25, 0.3) is 0 Å². The van der Waals surface area contributed by atoms with Crippen molar-refractivity contribution in [2.45, 2.75) is 33.2 Å². The molecule has 0 spiro atoms. The third-order valence-electron chi connectivity index (χ3n) is 2.73. The summed E-state index contributed by atoms with van der Waals surface area (Å²) in [5.74, 6) is -0.293. The average Bonchev–Trinajstić information content (AvgIpc) is 2.32. The second-order valence-electron chi connectivity index (χ2n) is 4.29. The summed E-state index contributed by atoms with van der Waals surface area (Å²) < 4.78 is 0. The Morgan fingerprint density at radius 3 is 2.56 bits per heavy atom. The van der Waals surface area contributed by atoms with E-state index in [0.29, 0.717) is 13.0 Å². The van der Waals surface area contributed by atoms with E-state index in [1.165, 1.54) is 0 Å². The molecule has 0 aliphatic heterocycles. The van der Waals surface area contributed by atoms with Crippen LogP contribution in [0.5, 0.6) is 0 Å². The van der Waals surface area contributed by atoms with Gasteiger partial charge in [0.1, 0.15) is 6.04 Å². The highest BCUT2D eigenvalue weighted by Gasteiger charge is 2.15. The van der Waals surface area contributed by atoms with Gasteiger partial charge in [-0.2, -0.15) is 0 Å². The fourth-order valence-corrected chi connectivity index (χ4v) is 1.67. The molecule has 1 atom stereocenters. The van der Waals surface area contributed by atoms with Gasteiger partial charge in [0.05, 0.1) is 6.42 Å². The maximum Gasteiger partial charge on any atom is 0.242 e. The minimum atomic E-state index is -0.499. The molecule has 0 bridgehead atoms. The van der Waals surface area contributed by atoms with E-state index in [9.17, 15) is 9.59 Å². The topological polar surface area (TPSA) is 58.2 Å². The number of aryl methyl sites for hydroxylation is 1. The van der Waals surface area contributed by atoms with E-state index in [1.807, 2.05) is 38.1 Å². The molecular weight excluding hydrogens is 228 g/mol. The number of rotatable bonds is 5. The molecule has 2 amide bonds. The molecule has 4 nitrogen and oxygen atoms in total. The van der Waals surface area contributed by atoms with Crippen molar-refractivity contribution in [3.8, 4) is 0 Å². The van der Waals surface area contributed by atoms with Crippen LogP contribution in [0.3, 0.4) is 0 Å². The van der Waals surface area contributed by atoms with Crippen molar-refractivity contribution in [2.24, 2.45) is 0 Å². The summed E-state index contributed by atoms with van der Waals surface area (Å²) in [6.07, 6.45) is 0.302. The average molecular weight is 248 g/mol. The van der Waals surface area contributed by atoms with Gasteiger partial charge >= 0.3 is 0 Å². The molecule has 1 unspecified atom stereocenters. The lowest BCUT2D eigenvalue weighted by Crippen LogP contribution is -2.45. The Morgan fingerprint density at radius 2 is 1.94 bits per heavy atom. The number of carbonyl (C=O) groups is 2. The van der Waals surface area contributed by atoms with Crippen LogP contribution >= 0.6 is 0 Å². The lowest BCUT2D eigenvalue weighted by atomic mass is 10.1. The summed E-state index contributed by atoms with van der Waals surface area (Å²) in [5, 5.41) is 5.36. The molecular formula is C14H20N2O2. The van der Waals surface area contributed by atoms with Gasteiger partial charge in [-0.3, -0.25) is 9.59 Å². The summed E-state index contributed by atoms with van der Waals surface area (Å²) in [4.78, 5) is 23.3. The van der Waals surface area contributed by atoms with Crippen LogP contribution in [0.15, 0.2) is 24.3 Å².